The van der Waals surface area contributed by atoms with Gasteiger partial charge in [-0.3, -0.25) is 4.79 Å². The number of aromatic nitrogens is 1. The Kier molecular flexibility index (Phi) is 5.78. The van der Waals surface area contributed by atoms with Crippen molar-refractivity contribution in [2.75, 3.05) is 6.61 Å². The molecular formula is C26H18BrFN2O5. The predicted molar refractivity (Wildman–Crippen MR) is 132 cm³/mol. The molecule has 0 spiro atoms. The summed E-state index contributed by atoms with van der Waals surface area (Å²) in [6.45, 7) is -0.454. The Balaban J connectivity index is 1.87. The van der Waals surface area contributed by atoms with Crippen LogP contribution in [0.25, 0.3) is 33.1 Å². The van der Waals surface area contributed by atoms with Crippen molar-refractivity contribution in [3.63, 3.8) is 0 Å². The molecule has 0 unspecified atom stereocenters. The highest BCUT2D eigenvalue weighted by Crippen LogP contribution is 2.41. The molecule has 1 amide bonds. The summed E-state index contributed by atoms with van der Waals surface area (Å²) in [6, 6.07) is 16.9. The van der Waals surface area contributed by atoms with Crippen LogP contribution in [-0.2, 0) is 11.3 Å². The Bertz CT molecular complexity index is 1610. The second kappa shape index (κ2) is 8.92. The first-order chi connectivity index (χ1) is 16.8. The van der Waals surface area contributed by atoms with Crippen molar-refractivity contribution in [2.45, 2.75) is 6.54 Å². The van der Waals surface area contributed by atoms with E-state index in [0.29, 0.717) is 43.2 Å². The maximum atomic E-state index is 14.8. The molecule has 0 aliphatic heterocycles. The maximum Gasteiger partial charge on any atom is 0.341 e. The normalized spacial score (nSPS) is 11.3. The molecule has 9 heteroatoms. The van der Waals surface area contributed by atoms with Crippen molar-refractivity contribution >= 4 is 49.6 Å². The number of carboxylic acids is 1. The van der Waals surface area contributed by atoms with E-state index in [4.69, 9.17) is 14.9 Å². The van der Waals surface area contributed by atoms with E-state index in [-0.39, 0.29) is 17.9 Å². The largest absolute Gasteiger partial charge is 0.481 e. The summed E-state index contributed by atoms with van der Waals surface area (Å²) in [7, 11) is 0. The Labute approximate surface area is 206 Å². The zero-order valence-corrected chi connectivity index (χ0v) is 19.7. The van der Waals surface area contributed by atoms with Crippen LogP contribution >= 0.6 is 15.9 Å². The number of nitrogens with zero attached hydrogens (tertiary/aromatic N) is 1. The Morgan fingerprint density at radius 1 is 1.06 bits per heavy atom. The molecule has 176 valence electrons. The number of benzene rings is 3. The second-order valence-corrected chi connectivity index (χ2v) is 8.83. The number of ether oxygens (including phenoxy) is 1. The lowest BCUT2D eigenvalue weighted by Crippen LogP contribution is -2.11. The summed E-state index contributed by atoms with van der Waals surface area (Å²) in [5.41, 5.74) is 8.21. The molecule has 0 saturated heterocycles. The average molecular weight is 537 g/mol. The van der Waals surface area contributed by atoms with Crippen LogP contribution in [0.15, 0.2) is 75.8 Å². The number of carboxylic acid groups (broad SMARTS) is 1. The Hall–Kier alpha value is -4.11. The number of hydrogen-bond acceptors (Lipinski definition) is 4. The molecule has 7 nitrogen and oxygen atoms in total. The number of hydrogen-bond donors (Lipinski definition) is 2. The van der Waals surface area contributed by atoms with Gasteiger partial charge in [0.05, 0.1) is 29.2 Å². The number of amides is 1. The molecule has 0 saturated carbocycles. The lowest BCUT2D eigenvalue weighted by molar-refractivity contribution is -0.139. The van der Waals surface area contributed by atoms with Gasteiger partial charge in [0.1, 0.15) is 17.3 Å². The highest BCUT2D eigenvalue weighted by atomic mass is 79.9. The van der Waals surface area contributed by atoms with Crippen molar-refractivity contribution in [3.8, 4) is 17.1 Å². The molecule has 35 heavy (non-hydrogen) atoms. The van der Waals surface area contributed by atoms with E-state index in [0.717, 1.165) is 0 Å². The molecule has 5 aromatic rings. The molecule has 3 aromatic carbocycles. The fourth-order valence-electron chi connectivity index (χ4n) is 4.26. The SMILES string of the molecule is NC(=O)c1cccc2c1c1c(OCC(=O)O)cc(-c3ccco3)cc1n2Cc1ccc(Br)cc1F. The number of halogens is 2. The van der Waals surface area contributed by atoms with Gasteiger partial charge >= 0.3 is 5.97 Å². The smallest absolute Gasteiger partial charge is 0.341 e. The van der Waals surface area contributed by atoms with Gasteiger partial charge in [-0.05, 0) is 48.5 Å². The number of primary amides is 1. The van der Waals surface area contributed by atoms with Crippen LogP contribution < -0.4 is 10.5 Å². The van der Waals surface area contributed by atoms with Crippen LogP contribution in [0.3, 0.4) is 0 Å². The molecule has 2 heterocycles. The van der Waals surface area contributed by atoms with Gasteiger partial charge in [-0.15, -0.1) is 0 Å². The first-order valence-corrected chi connectivity index (χ1v) is 11.3. The number of fused-ring (bicyclic) bond motifs is 3. The minimum atomic E-state index is -1.16. The minimum Gasteiger partial charge on any atom is -0.481 e. The van der Waals surface area contributed by atoms with Crippen LogP contribution in [0, 0.1) is 5.82 Å². The van der Waals surface area contributed by atoms with Gasteiger partial charge in [0.15, 0.2) is 6.61 Å². The number of nitrogens with two attached hydrogens (primary N) is 1. The standard InChI is InChI=1S/C26H18BrFN2O5/c27-16-7-6-14(18(28)11-16)12-30-19-4-1-3-17(26(29)33)24(19)25-20(30)9-15(21-5-2-8-34-21)10-22(25)35-13-23(31)32/h1-11H,12-13H2,(H2,29,33)(H,31,32). The van der Waals surface area contributed by atoms with E-state index in [1.54, 1.807) is 48.5 Å². The lowest BCUT2D eigenvalue weighted by atomic mass is 10.0. The van der Waals surface area contributed by atoms with Crippen LogP contribution in [0.1, 0.15) is 15.9 Å². The van der Waals surface area contributed by atoms with E-state index < -0.39 is 24.3 Å². The quantitative estimate of drug-likeness (QED) is 0.283. The molecule has 0 aliphatic carbocycles. The van der Waals surface area contributed by atoms with Gasteiger partial charge in [0, 0.05) is 26.5 Å². The van der Waals surface area contributed by atoms with Gasteiger partial charge in [0.2, 0.25) is 5.91 Å². The number of furan rings is 1. The lowest BCUT2D eigenvalue weighted by Gasteiger charge is -2.12. The number of carbonyl (C=O) groups is 2. The Morgan fingerprint density at radius 2 is 1.89 bits per heavy atom. The molecule has 3 N–H and O–H groups in total. The predicted octanol–water partition coefficient (Wildman–Crippen LogP) is 5.57. The van der Waals surface area contributed by atoms with Crippen LogP contribution in [0.4, 0.5) is 4.39 Å². The van der Waals surface area contributed by atoms with E-state index in [9.17, 15) is 19.1 Å². The minimum absolute atomic E-state index is 0.140. The van der Waals surface area contributed by atoms with Gasteiger partial charge in [-0.25, -0.2) is 9.18 Å². The third kappa shape index (κ3) is 4.15. The summed E-state index contributed by atoms with van der Waals surface area (Å²) < 4.78 is 28.5. The molecule has 5 rings (SSSR count). The maximum absolute atomic E-state index is 14.8. The highest BCUT2D eigenvalue weighted by Gasteiger charge is 2.22. The number of aliphatic carboxylic acids is 1. The second-order valence-electron chi connectivity index (χ2n) is 7.91. The van der Waals surface area contributed by atoms with Crippen LogP contribution in [0.2, 0.25) is 0 Å². The fourth-order valence-corrected chi connectivity index (χ4v) is 4.59. The molecule has 0 atom stereocenters. The van der Waals surface area contributed by atoms with Gasteiger partial charge < -0.3 is 24.6 Å². The third-order valence-electron chi connectivity index (χ3n) is 5.72. The summed E-state index contributed by atoms with van der Waals surface area (Å²) in [6.07, 6.45) is 1.52. The van der Waals surface area contributed by atoms with Crippen molar-refractivity contribution in [2.24, 2.45) is 5.73 Å². The first-order valence-electron chi connectivity index (χ1n) is 10.5. The first kappa shape index (κ1) is 22.7. The highest BCUT2D eigenvalue weighted by molar-refractivity contribution is 9.10. The summed E-state index contributed by atoms with van der Waals surface area (Å²) in [5.74, 6) is -1.43. The number of carbonyl (C=O) groups excluding carboxylic acids is 1. The molecule has 0 bridgehead atoms. The molecule has 0 radical (unpaired) electrons. The van der Waals surface area contributed by atoms with Crippen LogP contribution in [0.5, 0.6) is 5.75 Å². The van der Waals surface area contributed by atoms with Crippen molar-refractivity contribution in [3.05, 3.63) is 88.3 Å². The summed E-state index contributed by atoms with van der Waals surface area (Å²) in [5, 5.41) is 10.2. The topological polar surface area (TPSA) is 108 Å². The summed E-state index contributed by atoms with van der Waals surface area (Å²) >= 11 is 3.28. The monoisotopic (exact) mass is 536 g/mol. The Morgan fingerprint density at radius 3 is 2.57 bits per heavy atom. The fraction of sp³-hybridized carbons (Fsp3) is 0.0769. The average Bonchev–Trinajstić information content (AvgIpc) is 3.46. The molecule has 2 aromatic heterocycles. The summed E-state index contributed by atoms with van der Waals surface area (Å²) in [4.78, 5) is 23.7. The molecular weight excluding hydrogens is 519 g/mol. The van der Waals surface area contributed by atoms with Crippen LogP contribution in [-0.4, -0.2) is 28.2 Å². The molecule has 0 aliphatic rings. The van der Waals surface area contributed by atoms with E-state index >= 15 is 0 Å². The third-order valence-corrected chi connectivity index (χ3v) is 6.21. The van der Waals surface area contributed by atoms with Gasteiger partial charge in [0.25, 0.3) is 0 Å². The van der Waals surface area contributed by atoms with Crippen molar-refractivity contribution in [1.29, 1.82) is 0 Å². The van der Waals surface area contributed by atoms with Crippen molar-refractivity contribution in [1.82, 2.24) is 4.57 Å². The van der Waals surface area contributed by atoms with E-state index in [1.165, 1.54) is 12.3 Å². The number of rotatable bonds is 7. The van der Waals surface area contributed by atoms with Gasteiger partial charge in [-0.2, -0.15) is 0 Å². The zero-order chi connectivity index (χ0) is 24.7. The zero-order valence-electron chi connectivity index (χ0n) is 18.1. The van der Waals surface area contributed by atoms with Gasteiger partial charge in [-0.1, -0.05) is 28.1 Å². The van der Waals surface area contributed by atoms with Crippen molar-refractivity contribution < 1.29 is 28.2 Å². The van der Waals surface area contributed by atoms with E-state index in [1.807, 2.05) is 10.6 Å². The van der Waals surface area contributed by atoms with E-state index in [2.05, 4.69) is 15.9 Å². The molecule has 0 fully saturated rings.